The molecule has 1 atom stereocenters. The average Bonchev–Trinajstić information content (AvgIpc) is 2.36. The molecule has 0 saturated carbocycles. The quantitative estimate of drug-likeness (QED) is 0.550. The predicted octanol–water partition coefficient (Wildman–Crippen LogP) is -1.47. The summed E-state index contributed by atoms with van der Waals surface area (Å²) in [5.41, 5.74) is 0. The van der Waals surface area contributed by atoms with Crippen molar-refractivity contribution in [3.05, 3.63) is 0 Å². The van der Waals surface area contributed by atoms with Gasteiger partial charge in [0.1, 0.15) is 6.04 Å². The first-order chi connectivity index (χ1) is 8.19. The molecule has 0 radical (unpaired) electrons. The van der Waals surface area contributed by atoms with Crippen LogP contribution < -0.4 is 16.0 Å². The van der Waals surface area contributed by atoms with Crippen LogP contribution in [0.1, 0.15) is 13.3 Å². The molecule has 1 heterocycles. The Kier molecular flexibility index (Phi) is 5.93. The van der Waals surface area contributed by atoms with Crippen LogP contribution in [-0.4, -0.2) is 62.5 Å². The van der Waals surface area contributed by atoms with Crippen LogP contribution in [0.15, 0.2) is 0 Å². The Morgan fingerprint density at radius 2 is 2.24 bits per heavy atom. The summed E-state index contributed by atoms with van der Waals surface area (Å²) in [7, 11) is 1.62. The highest BCUT2D eigenvalue weighted by Gasteiger charge is 2.28. The molecule has 6 nitrogen and oxygen atoms in total. The van der Waals surface area contributed by atoms with Crippen molar-refractivity contribution in [2.45, 2.75) is 19.4 Å². The van der Waals surface area contributed by atoms with Crippen LogP contribution in [0.25, 0.3) is 0 Å². The van der Waals surface area contributed by atoms with Gasteiger partial charge in [-0.15, -0.1) is 0 Å². The Bertz CT molecular complexity index is 270. The van der Waals surface area contributed by atoms with E-state index < -0.39 is 0 Å². The summed E-state index contributed by atoms with van der Waals surface area (Å²) >= 11 is 0. The predicted molar refractivity (Wildman–Crippen MR) is 65.6 cm³/mol. The highest BCUT2D eigenvalue weighted by molar-refractivity contribution is 5.83. The maximum atomic E-state index is 11.6. The molecule has 98 valence electrons. The van der Waals surface area contributed by atoms with Crippen LogP contribution >= 0.6 is 0 Å². The Balaban J connectivity index is 2.47. The van der Waals surface area contributed by atoms with Crippen molar-refractivity contribution in [3.8, 4) is 0 Å². The number of carbonyl (C=O) groups is 2. The number of amides is 2. The van der Waals surface area contributed by atoms with E-state index in [-0.39, 0.29) is 17.9 Å². The van der Waals surface area contributed by atoms with Crippen LogP contribution in [0.5, 0.6) is 0 Å². The highest BCUT2D eigenvalue weighted by Crippen LogP contribution is 2.02. The van der Waals surface area contributed by atoms with Crippen molar-refractivity contribution in [1.29, 1.82) is 0 Å². The van der Waals surface area contributed by atoms with Crippen LogP contribution in [0.4, 0.5) is 0 Å². The molecule has 0 aromatic rings. The highest BCUT2D eigenvalue weighted by atomic mass is 16.2. The van der Waals surface area contributed by atoms with E-state index in [0.717, 1.165) is 19.5 Å². The van der Waals surface area contributed by atoms with E-state index in [9.17, 15) is 9.59 Å². The van der Waals surface area contributed by atoms with Gasteiger partial charge in [0.15, 0.2) is 0 Å². The van der Waals surface area contributed by atoms with E-state index in [1.54, 1.807) is 7.05 Å². The molecular weight excluding hydrogens is 220 g/mol. The number of nitrogens with zero attached hydrogens (tertiary/aromatic N) is 1. The van der Waals surface area contributed by atoms with Crippen molar-refractivity contribution >= 4 is 11.8 Å². The smallest absolute Gasteiger partial charge is 0.238 e. The van der Waals surface area contributed by atoms with Gasteiger partial charge in [0, 0.05) is 33.2 Å². The topological polar surface area (TPSA) is 73.5 Å². The van der Waals surface area contributed by atoms with Gasteiger partial charge in [-0.25, -0.2) is 0 Å². The first kappa shape index (κ1) is 13.9. The second-order valence-electron chi connectivity index (χ2n) is 4.15. The minimum Gasteiger partial charge on any atom is -0.358 e. The Morgan fingerprint density at radius 1 is 1.47 bits per heavy atom. The third kappa shape index (κ3) is 4.32. The standard InChI is InChI=1S/C11H22N4O2/c1-3-4-14-10(16)8-15-6-5-13-7-9(15)11(17)12-2/h9,13H,3-8H2,1-2H3,(H,12,17)(H,14,16). The lowest BCUT2D eigenvalue weighted by Gasteiger charge is -2.34. The van der Waals surface area contributed by atoms with Crippen LogP contribution in [-0.2, 0) is 9.59 Å². The summed E-state index contributed by atoms with van der Waals surface area (Å²) < 4.78 is 0. The third-order valence-electron chi connectivity index (χ3n) is 2.82. The van der Waals surface area contributed by atoms with E-state index in [2.05, 4.69) is 16.0 Å². The van der Waals surface area contributed by atoms with Crippen molar-refractivity contribution in [2.24, 2.45) is 0 Å². The fourth-order valence-electron chi connectivity index (χ4n) is 1.87. The maximum absolute atomic E-state index is 11.6. The Morgan fingerprint density at radius 3 is 2.88 bits per heavy atom. The number of hydrogen-bond acceptors (Lipinski definition) is 4. The first-order valence-corrected chi connectivity index (χ1v) is 6.12. The fourth-order valence-corrected chi connectivity index (χ4v) is 1.87. The number of likely N-dealkylation sites (N-methyl/N-ethyl adjacent to an activating group) is 1. The zero-order chi connectivity index (χ0) is 12.7. The molecule has 0 spiro atoms. The normalized spacial score (nSPS) is 20.9. The Hall–Kier alpha value is -1.14. The average molecular weight is 242 g/mol. The molecule has 17 heavy (non-hydrogen) atoms. The van der Waals surface area contributed by atoms with Crippen molar-refractivity contribution in [1.82, 2.24) is 20.9 Å². The molecule has 1 aliphatic rings. The zero-order valence-electron chi connectivity index (χ0n) is 10.6. The number of piperazine rings is 1. The van der Waals surface area contributed by atoms with Gasteiger partial charge in [0.05, 0.1) is 6.54 Å². The van der Waals surface area contributed by atoms with Gasteiger partial charge in [-0.3, -0.25) is 14.5 Å². The summed E-state index contributed by atoms with van der Waals surface area (Å²) in [5.74, 6) is -0.0526. The van der Waals surface area contributed by atoms with Crippen LogP contribution in [0.3, 0.4) is 0 Å². The third-order valence-corrected chi connectivity index (χ3v) is 2.82. The van der Waals surface area contributed by atoms with E-state index in [0.29, 0.717) is 19.6 Å². The number of rotatable bonds is 5. The molecule has 2 amide bonds. The van der Waals surface area contributed by atoms with Crippen molar-refractivity contribution in [2.75, 3.05) is 39.8 Å². The Labute approximate surface area is 102 Å². The molecule has 6 heteroatoms. The second kappa shape index (κ2) is 7.24. The number of hydrogen-bond donors (Lipinski definition) is 3. The first-order valence-electron chi connectivity index (χ1n) is 6.12. The molecule has 0 aliphatic carbocycles. The van der Waals surface area contributed by atoms with Crippen LogP contribution in [0.2, 0.25) is 0 Å². The van der Waals surface area contributed by atoms with E-state index in [4.69, 9.17) is 0 Å². The van der Waals surface area contributed by atoms with Gasteiger partial charge in [-0.2, -0.15) is 0 Å². The number of nitrogens with one attached hydrogen (secondary N) is 3. The fraction of sp³-hybridized carbons (Fsp3) is 0.818. The molecule has 0 aromatic heterocycles. The molecule has 3 N–H and O–H groups in total. The molecule has 1 saturated heterocycles. The van der Waals surface area contributed by atoms with Gasteiger partial charge >= 0.3 is 0 Å². The summed E-state index contributed by atoms with van der Waals surface area (Å²) in [5, 5.41) is 8.62. The summed E-state index contributed by atoms with van der Waals surface area (Å²) in [6, 6.07) is -0.249. The zero-order valence-corrected chi connectivity index (χ0v) is 10.6. The summed E-state index contributed by atoms with van der Waals surface area (Å²) in [6.07, 6.45) is 0.923. The van der Waals surface area contributed by atoms with E-state index in [1.807, 2.05) is 11.8 Å². The summed E-state index contributed by atoms with van der Waals surface area (Å²) in [4.78, 5) is 25.2. The van der Waals surface area contributed by atoms with Gasteiger partial charge < -0.3 is 16.0 Å². The molecule has 1 rings (SSSR count). The molecule has 1 fully saturated rings. The molecule has 1 aliphatic heterocycles. The van der Waals surface area contributed by atoms with Gasteiger partial charge in [-0.1, -0.05) is 6.92 Å². The minimum absolute atomic E-state index is 0.0114. The molecule has 0 aromatic carbocycles. The molecule has 0 bridgehead atoms. The molecule has 1 unspecified atom stereocenters. The molecular formula is C11H22N4O2. The lowest BCUT2D eigenvalue weighted by molar-refractivity contribution is -0.129. The maximum Gasteiger partial charge on any atom is 0.238 e. The van der Waals surface area contributed by atoms with Crippen LogP contribution in [0, 0.1) is 0 Å². The van der Waals surface area contributed by atoms with Gasteiger partial charge in [0.25, 0.3) is 0 Å². The monoisotopic (exact) mass is 242 g/mol. The lowest BCUT2D eigenvalue weighted by Crippen LogP contribution is -2.59. The number of carbonyl (C=O) groups excluding carboxylic acids is 2. The second-order valence-corrected chi connectivity index (χ2v) is 4.15. The largest absolute Gasteiger partial charge is 0.358 e. The van der Waals surface area contributed by atoms with Crippen molar-refractivity contribution < 1.29 is 9.59 Å². The van der Waals surface area contributed by atoms with Gasteiger partial charge in [-0.05, 0) is 6.42 Å². The van der Waals surface area contributed by atoms with E-state index in [1.165, 1.54) is 0 Å². The van der Waals surface area contributed by atoms with Gasteiger partial charge in [0.2, 0.25) is 11.8 Å². The van der Waals surface area contributed by atoms with Crippen molar-refractivity contribution in [3.63, 3.8) is 0 Å². The lowest BCUT2D eigenvalue weighted by atomic mass is 10.1. The summed E-state index contributed by atoms with van der Waals surface area (Å²) in [6.45, 7) is 5.13. The SMILES string of the molecule is CCCNC(=O)CN1CCNCC1C(=O)NC. The van der Waals surface area contributed by atoms with E-state index >= 15 is 0 Å². The minimum atomic E-state index is -0.249.